The van der Waals surface area contributed by atoms with E-state index in [0.29, 0.717) is 27.7 Å². The number of hydrogen-bond donors (Lipinski definition) is 1. The van der Waals surface area contributed by atoms with Gasteiger partial charge >= 0.3 is 11.6 Å². The second kappa shape index (κ2) is 6.25. The lowest BCUT2D eigenvalue weighted by molar-refractivity contribution is -0.166. The van der Waals surface area contributed by atoms with Crippen molar-refractivity contribution in [3.63, 3.8) is 0 Å². The van der Waals surface area contributed by atoms with Crippen LogP contribution in [0, 0.1) is 0 Å². The molecule has 1 aromatic carbocycles. The third-order valence-corrected chi connectivity index (χ3v) is 3.90. The molecule has 1 N–H and O–H groups in total. The van der Waals surface area contributed by atoms with Crippen LogP contribution in [-0.4, -0.2) is 29.4 Å². The number of furan rings is 1. The molecule has 1 atom stereocenters. The molecule has 0 aliphatic heterocycles. The second-order valence-electron chi connectivity index (χ2n) is 6.23. The van der Waals surface area contributed by atoms with Crippen LogP contribution in [0.3, 0.4) is 0 Å². The van der Waals surface area contributed by atoms with Crippen molar-refractivity contribution in [3.8, 4) is 5.75 Å². The van der Waals surface area contributed by atoms with Crippen LogP contribution in [0.5, 0.6) is 5.75 Å². The summed E-state index contributed by atoms with van der Waals surface area (Å²) >= 11 is 0. The Labute approximate surface area is 142 Å². The summed E-state index contributed by atoms with van der Waals surface area (Å²) < 4.78 is 21.5. The van der Waals surface area contributed by atoms with E-state index in [1.54, 1.807) is 32.0 Å². The van der Waals surface area contributed by atoms with Crippen LogP contribution in [-0.2, 0) is 9.53 Å². The predicted molar refractivity (Wildman–Crippen MR) is 89.6 cm³/mol. The Morgan fingerprint density at radius 1 is 1.24 bits per heavy atom. The number of aliphatic hydroxyl groups excluding tert-OH is 1. The fraction of sp³-hybridized carbons (Fsp3) is 0.333. The van der Waals surface area contributed by atoms with Crippen molar-refractivity contribution in [1.82, 2.24) is 0 Å². The maximum Gasteiger partial charge on any atom is 0.336 e. The highest BCUT2D eigenvalue weighted by atomic mass is 16.6. The number of esters is 1. The van der Waals surface area contributed by atoms with E-state index in [2.05, 4.69) is 0 Å². The number of carbonyl (C=O) groups is 1. The van der Waals surface area contributed by atoms with Crippen molar-refractivity contribution in [2.24, 2.45) is 0 Å². The Kier molecular flexibility index (Phi) is 4.26. The largest absolute Gasteiger partial charge is 0.489 e. The second-order valence-corrected chi connectivity index (χ2v) is 6.23. The molecule has 0 amide bonds. The van der Waals surface area contributed by atoms with E-state index in [1.165, 1.54) is 19.3 Å². The first-order chi connectivity index (χ1) is 11.8. The Morgan fingerprint density at radius 2 is 1.96 bits per heavy atom. The van der Waals surface area contributed by atoms with Crippen LogP contribution in [0.15, 0.2) is 44.2 Å². The SMILES string of the molecule is CC(=O)OC(C)(C)[C@H](O)COc1c2ccoc2cc2oc(=O)ccc12. The van der Waals surface area contributed by atoms with E-state index < -0.39 is 23.3 Å². The minimum absolute atomic E-state index is 0.126. The summed E-state index contributed by atoms with van der Waals surface area (Å²) in [5.41, 5.74) is -0.789. The van der Waals surface area contributed by atoms with E-state index in [1.807, 2.05) is 0 Å². The number of carbonyl (C=O) groups excluding carboxylic acids is 1. The number of ether oxygens (including phenoxy) is 2. The number of benzene rings is 1. The van der Waals surface area contributed by atoms with Gasteiger partial charge in [-0.2, -0.15) is 0 Å². The highest BCUT2D eigenvalue weighted by Crippen LogP contribution is 2.35. The van der Waals surface area contributed by atoms with Gasteiger partial charge in [-0.05, 0) is 26.0 Å². The monoisotopic (exact) mass is 346 g/mol. The number of aliphatic hydroxyl groups is 1. The van der Waals surface area contributed by atoms with Crippen molar-refractivity contribution < 1.29 is 28.2 Å². The first-order valence-corrected chi connectivity index (χ1v) is 7.72. The van der Waals surface area contributed by atoms with Gasteiger partial charge in [0, 0.05) is 19.1 Å². The smallest absolute Gasteiger partial charge is 0.336 e. The van der Waals surface area contributed by atoms with Gasteiger partial charge < -0.3 is 23.4 Å². The molecular weight excluding hydrogens is 328 g/mol. The maximum atomic E-state index is 11.4. The standard InChI is InChI=1S/C18H18O7/c1-10(19)25-18(2,3)15(20)9-23-17-11-4-5-16(21)24-14(11)8-13-12(17)6-7-22-13/h4-8,15,20H,9H2,1-3H3/t15-/m1/s1. The molecule has 2 heterocycles. The summed E-state index contributed by atoms with van der Waals surface area (Å²) in [4.78, 5) is 22.6. The minimum Gasteiger partial charge on any atom is -0.489 e. The fourth-order valence-corrected chi connectivity index (χ4v) is 2.57. The summed E-state index contributed by atoms with van der Waals surface area (Å²) in [6.45, 7) is 4.34. The zero-order valence-electron chi connectivity index (χ0n) is 14.1. The lowest BCUT2D eigenvalue weighted by atomic mass is 10.0. The van der Waals surface area contributed by atoms with Gasteiger partial charge in [-0.15, -0.1) is 0 Å². The summed E-state index contributed by atoms with van der Waals surface area (Å²) in [5.74, 6) is -0.0733. The van der Waals surface area contributed by atoms with Crippen LogP contribution >= 0.6 is 0 Å². The zero-order valence-corrected chi connectivity index (χ0v) is 14.1. The van der Waals surface area contributed by atoms with Gasteiger partial charge in [0.25, 0.3) is 0 Å². The molecule has 0 bridgehead atoms. The van der Waals surface area contributed by atoms with Gasteiger partial charge in [0.1, 0.15) is 35.2 Å². The molecule has 132 valence electrons. The third kappa shape index (κ3) is 3.36. The molecule has 0 aliphatic rings. The quantitative estimate of drug-likeness (QED) is 0.560. The maximum absolute atomic E-state index is 11.4. The van der Waals surface area contributed by atoms with Crippen LogP contribution in [0.1, 0.15) is 20.8 Å². The highest BCUT2D eigenvalue weighted by Gasteiger charge is 2.32. The third-order valence-electron chi connectivity index (χ3n) is 3.90. The fourth-order valence-electron chi connectivity index (χ4n) is 2.57. The Bertz CT molecular complexity index is 980. The first-order valence-electron chi connectivity index (χ1n) is 7.72. The van der Waals surface area contributed by atoms with Crippen LogP contribution in [0.25, 0.3) is 21.9 Å². The Hall–Kier alpha value is -2.80. The van der Waals surface area contributed by atoms with Crippen molar-refractivity contribution >= 4 is 27.9 Å². The highest BCUT2D eigenvalue weighted by molar-refractivity contribution is 6.01. The zero-order chi connectivity index (χ0) is 18.2. The first kappa shape index (κ1) is 17.0. The van der Waals surface area contributed by atoms with Gasteiger partial charge in [0.2, 0.25) is 0 Å². The molecule has 0 fully saturated rings. The van der Waals surface area contributed by atoms with E-state index in [0.717, 1.165) is 0 Å². The topological polar surface area (TPSA) is 99.1 Å². The van der Waals surface area contributed by atoms with Crippen LogP contribution in [0.2, 0.25) is 0 Å². The van der Waals surface area contributed by atoms with E-state index >= 15 is 0 Å². The molecule has 25 heavy (non-hydrogen) atoms. The molecular formula is C18H18O7. The van der Waals surface area contributed by atoms with E-state index in [4.69, 9.17) is 18.3 Å². The number of hydrogen-bond acceptors (Lipinski definition) is 7. The summed E-state index contributed by atoms with van der Waals surface area (Å²) in [7, 11) is 0. The van der Waals surface area contributed by atoms with Gasteiger partial charge in [-0.3, -0.25) is 4.79 Å². The Balaban J connectivity index is 1.95. The Morgan fingerprint density at radius 3 is 2.68 bits per heavy atom. The molecule has 0 saturated heterocycles. The van der Waals surface area contributed by atoms with E-state index in [9.17, 15) is 14.7 Å². The predicted octanol–water partition coefficient (Wildman–Crippen LogP) is 2.62. The van der Waals surface area contributed by atoms with Crippen LogP contribution < -0.4 is 10.4 Å². The normalized spacial score (nSPS) is 13.1. The molecule has 7 nitrogen and oxygen atoms in total. The lowest BCUT2D eigenvalue weighted by Crippen LogP contribution is -2.43. The molecule has 0 unspecified atom stereocenters. The molecule has 0 radical (unpaired) electrons. The van der Waals surface area contributed by atoms with Gasteiger partial charge in [0.15, 0.2) is 0 Å². The van der Waals surface area contributed by atoms with Gasteiger partial charge in [0.05, 0.1) is 17.0 Å². The molecule has 7 heteroatoms. The number of fused-ring (bicyclic) bond motifs is 2. The van der Waals surface area contributed by atoms with Crippen molar-refractivity contribution in [2.75, 3.05) is 6.61 Å². The molecule has 3 rings (SSSR count). The van der Waals surface area contributed by atoms with Crippen molar-refractivity contribution in [2.45, 2.75) is 32.5 Å². The summed E-state index contributed by atoms with van der Waals surface area (Å²) in [6.07, 6.45) is 0.428. The summed E-state index contributed by atoms with van der Waals surface area (Å²) in [5, 5.41) is 11.6. The molecule has 0 spiro atoms. The van der Waals surface area contributed by atoms with Crippen LogP contribution in [0.4, 0.5) is 0 Å². The average molecular weight is 346 g/mol. The van der Waals surface area contributed by atoms with Gasteiger partial charge in [-0.25, -0.2) is 4.79 Å². The number of rotatable bonds is 5. The van der Waals surface area contributed by atoms with Crippen molar-refractivity contribution in [1.29, 1.82) is 0 Å². The molecule has 0 saturated carbocycles. The summed E-state index contributed by atoms with van der Waals surface area (Å²) in [6, 6.07) is 6.21. The molecule has 0 aliphatic carbocycles. The molecule has 3 aromatic rings. The average Bonchev–Trinajstić information content (AvgIpc) is 2.97. The van der Waals surface area contributed by atoms with E-state index in [-0.39, 0.29) is 6.61 Å². The molecule has 2 aromatic heterocycles. The van der Waals surface area contributed by atoms with Gasteiger partial charge in [-0.1, -0.05) is 0 Å². The van der Waals surface area contributed by atoms with Crippen molar-refractivity contribution in [3.05, 3.63) is 40.9 Å². The minimum atomic E-state index is -1.11. The lowest BCUT2D eigenvalue weighted by Gasteiger charge is -2.29.